The Labute approximate surface area is 234 Å². The molecule has 0 aliphatic heterocycles. The van der Waals surface area contributed by atoms with Crippen LogP contribution in [-0.2, 0) is 38.7 Å². The molecule has 0 spiro atoms. The van der Waals surface area contributed by atoms with Gasteiger partial charge in [-0.05, 0) is 59.5 Å². The van der Waals surface area contributed by atoms with Crippen LogP contribution in [0, 0.1) is 0 Å². The van der Waals surface area contributed by atoms with Gasteiger partial charge >= 0.3 is 11.9 Å². The maximum absolute atomic E-state index is 12.7. The molecule has 4 rings (SSSR count). The third kappa shape index (κ3) is 8.68. The lowest BCUT2D eigenvalue weighted by molar-refractivity contribution is -0.164. The van der Waals surface area contributed by atoms with E-state index >= 15 is 0 Å². The molecular formula is C34H32O6. The highest BCUT2D eigenvalue weighted by atomic mass is 16.6. The number of ether oxygens (including phenoxy) is 4. The standard InChI is InChI=1S/C34H32O6/c1-25(21-26-13-17-30(18-14-26)38-23-28-9-5-3-6-10-28)33(35)40-34(36)32(37-2)22-27-15-19-31(20-16-27)39-24-29-11-7-4-8-12-29/h3-21,32H,22-24H2,1-2H3. The maximum atomic E-state index is 12.7. The number of benzene rings is 4. The van der Waals surface area contributed by atoms with E-state index in [1.54, 1.807) is 13.0 Å². The minimum atomic E-state index is -0.922. The second kappa shape index (κ2) is 14.5. The van der Waals surface area contributed by atoms with E-state index < -0.39 is 18.0 Å². The first-order valence-corrected chi connectivity index (χ1v) is 13.0. The second-order valence-electron chi connectivity index (χ2n) is 9.23. The number of esters is 2. The van der Waals surface area contributed by atoms with Gasteiger partial charge in [-0.25, -0.2) is 9.59 Å². The van der Waals surface area contributed by atoms with Gasteiger partial charge in [-0.15, -0.1) is 0 Å². The third-order valence-electron chi connectivity index (χ3n) is 6.17. The molecule has 0 N–H and O–H groups in total. The van der Waals surface area contributed by atoms with E-state index in [9.17, 15) is 9.59 Å². The Morgan fingerprint density at radius 2 is 1.18 bits per heavy atom. The zero-order chi connectivity index (χ0) is 28.2. The molecule has 0 bridgehead atoms. The summed E-state index contributed by atoms with van der Waals surface area (Å²) in [6.45, 7) is 2.54. The number of hydrogen-bond acceptors (Lipinski definition) is 6. The summed E-state index contributed by atoms with van der Waals surface area (Å²) in [5, 5.41) is 0. The van der Waals surface area contributed by atoms with E-state index in [2.05, 4.69) is 0 Å². The molecule has 1 atom stereocenters. The van der Waals surface area contributed by atoms with Crippen LogP contribution in [0.2, 0.25) is 0 Å². The molecule has 0 aromatic heterocycles. The summed E-state index contributed by atoms with van der Waals surface area (Å²) in [6, 6.07) is 34.5. The van der Waals surface area contributed by atoms with Crippen molar-refractivity contribution in [1.82, 2.24) is 0 Å². The first-order chi connectivity index (χ1) is 19.5. The Balaban J connectivity index is 1.26. The van der Waals surface area contributed by atoms with Gasteiger partial charge in [0.05, 0.1) is 0 Å². The lowest BCUT2D eigenvalue weighted by Crippen LogP contribution is -2.30. The van der Waals surface area contributed by atoms with Crippen LogP contribution in [0.5, 0.6) is 11.5 Å². The molecule has 40 heavy (non-hydrogen) atoms. The highest BCUT2D eigenvalue weighted by molar-refractivity contribution is 6.00. The summed E-state index contributed by atoms with van der Waals surface area (Å²) in [7, 11) is 1.41. The van der Waals surface area contributed by atoms with Crippen molar-refractivity contribution in [1.29, 1.82) is 0 Å². The number of hydrogen-bond donors (Lipinski definition) is 0. The van der Waals surface area contributed by atoms with E-state index in [0.717, 1.165) is 33.8 Å². The Morgan fingerprint density at radius 3 is 1.68 bits per heavy atom. The average molecular weight is 537 g/mol. The van der Waals surface area contributed by atoms with Crippen LogP contribution in [-0.4, -0.2) is 25.2 Å². The van der Waals surface area contributed by atoms with Crippen LogP contribution in [0.1, 0.15) is 29.2 Å². The monoisotopic (exact) mass is 536 g/mol. The SMILES string of the molecule is COC(Cc1ccc(OCc2ccccc2)cc1)C(=O)OC(=O)C(C)=Cc1ccc(OCc2ccccc2)cc1. The molecular weight excluding hydrogens is 504 g/mol. The van der Waals surface area contributed by atoms with Crippen molar-refractivity contribution in [2.75, 3.05) is 7.11 Å². The zero-order valence-electron chi connectivity index (χ0n) is 22.6. The summed E-state index contributed by atoms with van der Waals surface area (Å²) in [5.41, 5.74) is 4.08. The van der Waals surface area contributed by atoms with Gasteiger partial charge in [0, 0.05) is 19.1 Å². The number of rotatable bonds is 12. The van der Waals surface area contributed by atoms with Crippen LogP contribution in [0.4, 0.5) is 0 Å². The Kier molecular flexibility index (Phi) is 10.2. The normalized spacial score (nSPS) is 11.9. The second-order valence-corrected chi connectivity index (χ2v) is 9.23. The van der Waals surface area contributed by atoms with Gasteiger partial charge in [-0.3, -0.25) is 0 Å². The molecule has 0 fully saturated rings. The van der Waals surface area contributed by atoms with Crippen molar-refractivity contribution in [2.24, 2.45) is 0 Å². The maximum Gasteiger partial charge on any atom is 0.343 e. The lowest BCUT2D eigenvalue weighted by Gasteiger charge is -2.14. The number of methoxy groups -OCH3 is 1. The van der Waals surface area contributed by atoms with Crippen molar-refractivity contribution < 1.29 is 28.5 Å². The number of carbonyl (C=O) groups excluding carboxylic acids is 2. The minimum Gasteiger partial charge on any atom is -0.489 e. The smallest absolute Gasteiger partial charge is 0.343 e. The van der Waals surface area contributed by atoms with Crippen molar-refractivity contribution in [2.45, 2.75) is 32.7 Å². The predicted octanol–water partition coefficient (Wildman–Crippen LogP) is 6.58. The van der Waals surface area contributed by atoms with Crippen molar-refractivity contribution in [3.8, 4) is 11.5 Å². The largest absolute Gasteiger partial charge is 0.489 e. The quantitative estimate of drug-likeness (QED) is 0.116. The Hall–Kier alpha value is -4.68. The molecule has 6 nitrogen and oxygen atoms in total. The van der Waals surface area contributed by atoms with Crippen LogP contribution >= 0.6 is 0 Å². The molecule has 0 amide bonds. The third-order valence-corrected chi connectivity index (χ3v) is 6.17. The molecule has 0 radical (unpaired) electrons. The molecule has 4 aromatic rings. The number of carbonyl (C=O) groups is 2. The first-order valence-electron chi connectivity index (χ1n) is 13.0. The van der Waals surface area contributed by atoms with Crippen LogP contribution < -0.4 is 9.47 Å². The van der Waals surface area contributed by atoms with E-state index in [4.69, 9.17) is 18.9 Å². The van der Waals surface area contributed by atoms with Gasteiger partial charge in [0.25, 0.3) is 0 Å². The van der Waals surface area contributed by atoms with E-state index in [-0.39, 0.29) is 6.42 Å². The fourth-order valence-electron chi connectivity index (χ4n) is 3.89. The van der Waals surface area contributed by atoms with Gasteiger partial charge < -0.3 is 18.9 Å². The van der Waals surface area contributed by atoms with Gasteiger partial charge in [-0.2, -0.15) is 0 Å². The fraction of sp³-hybridized carbons (Fsp3) is 0.176. The first kappa shape index (κ1) is 28.3. The molecule has 0 saturated carbocycles. The van der Waals surface area contributed by atoms with Crippen molar-refractivity contribution >= 4 is 18.0 Å². The summed E-state index contributed by atoms with van der Waals surface area (Å²) >= 11 is 0. The molecule has 0 saturated heterocycles. The van der Waals surface area contributed by atoms with E-state index in [1.807, 2.05) is 109 Å². The Bertz CT molecular complexity index is 1390. The average Bonchev–Trinajstić information content (AvgIpc) is 3.00. The van der Waals surface area contributed by atoms with E-state index in [1.165, 1.54) is 7.11 Å². The molecule has 1 unspecified atom stereocenters. The van der Waals surface area contributed by atoms with Crippen LogP contribution in [0.15, 0.2) is 115 Å². The topological polar surface area (TPSA) is 71.1 Å². The van der Waals surface area contributed by atoms with Gasteiger partial charge in [-0.1, -0.05) is 84.9 Å². The summed E-state index contributed by atoms with van der Waals surface area (Å²) in [5.74, 6) is -0.0264. The zero-order valence-corrected chi connectivity index (χ0v) is 22.6. The highest BCUT2D eigenvalue weighted by Crippen LogP contribution is 2.18. The fourth-order valence-corrected chi connectivity index (χ4v) is 3.89. The van der Waals surface area contributed by atoms with Crippen molar-refractivity contribution in [3.63, 3.8) is 0 Å². The van der Waals surface area contributed by atoms with Crippen LogP contribution in [0.3, 0.4) is 0 Å². The lowest BCUT2D eigenvalue weighted by atomic mass is 10.1. The highest BCUT2D eigenvalue weighted by Gasteiger charge is 2.23. The summed E-state index contributed by atoms with van der Waals surface area (Å²) in [6.07, 6.45) is 0.996. The van der Waals surface area contributed by atoms with E-state index in [0.29, 0.717) is 18.8 Å². The molecule has 204 valence electrons. The molecule has 0 heterocycles. The Morgan fingerprint density at radius 1 is 0.675 bits per heavy atom. The van der Waals surface area contributed by atoms with Gasteiger partial charge in [0.2, 0.25) is 0 Å². The van der Waals surface area contributed by atoms with Crippen LogP contribution in [0.25, 0.3) is 6.08 Å². The summed E-state index contributed by atoms with van der Waals surface area (Å²) < 4.78 is 22.0. The predicted molar refractivity (Wildman–Crippen MR) is 154 cm³/mol. The van der Waals surface area contributed by atoms with Crippen molar-refractivity contribution in [3.05, 3.63) is 137 Å². The minimum absolute atomic E-state index is 0.259. The molecule has 6 heteroatoms. The van der Waals surface area contributed by atoms with Gasteiger partial charge in [0.1, 0.15) is 24.7 Å². The molecule has 0 aliphatic rings. The molecule has 0 aliphatic carbocycles. The molecule has 4 aromatic carbocycles. The van der Waals surface area contributed by atoms with Gasteiger partial charge in [0.15, 0.2) is 6.10 Å². The summed E-state index contributed by atoms with van der Waals surface area (Å²) in [4.78, 5) is 25.3.